The summed E-state index contributed by atoms with van der Waals surface area (Å²) in [4.78, 5) is 21.5. The number of hydrogen-bond donors (Lipinski definition) is 0. The fourth-order valence-electron chi connectivity index (χ4n) is 4.49. The van der Waals surface area contributed by atoms with Crippen LogP contribution in [0.3, 0.4) is 0 Å². The molecule has 0 aromatic carbocycles. The van der Waals surface area contributed by atoms with E-state index in [0.29, 0.717) is 24.7 Å². The number of tetrazole rings is 1. The third-order valence-electron chi connectivity index (χ3n) is 6.21. The molecule has 2 fully saturated rings. The highest BCUT2D eigenvalue weighted by Crippen LogP contribution is 2.39. The van der Waals surface area contributed by atoms with E-state index in [1.807, 2.05) is 28.6 Å². The quantitative estimate of drug-likeness (QED) is 0.817. The summed E-state index contributed by atoms with van der Waals surface area (Å²) in [5.41, 5.74) is 1.07. The van der Waals surface area contributed by atoms with Gasteiger partial charge in [0.25, 0.3) is 5.91 Å². The second-order valence-corrected chi connectivity index (χ2v) is 7.92. The van der Waals surface area contributed by atoms with Crippen LogP contribution in [0.5, 0.6) is 0 Å². The van der Waals surface area contributed by atoms with Crippen molar-refractivity contribution in [1.29, 1.82) is 0 Å². The maximum Gasteiger partial charge on any atom is 0.255 e. The zero-order valence-electron chi connectivity index (χ0n) is 16.3. The summed E-state index contributed by atoms with van der Waals surface area (Å²) < 4.78 is 2.02. The lowest BCUT2D eigenvalue weighted by Gasteiger charge is -2.35. The van der Waals surface area contributed by atoms with E-state index in [9.17, 15) is 4.79 Å². The van der Waals surface area contributed by atoms with E-state index in [2.05, 4.69) is 39.5 Å². The molecule has 2 aromatic heterocycles. The first-order valence-corrected chi connectivity index (χ1v) is 9.69. The van der Waals surface area contributed by atoms with Gasteiger partial charge in [-0.2, -0.15) is 0 Å². The number of likely N-dealkylation sites (tertiary alicyclic amines) is 1. The summed E-state index contributed by atoms with van der Waals surface area (Å²) in [5.74, 6) is 0.918. The van der Waals surface area contributed by atoms with E-state index < -0.39 is 0 Å². The number of aryl methyl sites for hydroxylation is 1. The van der Waals surface area contributed by atoms with Crippen LogP contribution in [0, 0.1) is 6.92 Å². The Bertz CT molecular complexity index is 827. The van der Waals surface area contributed by atoms with E-state index in [4.69, 9.17) is 0 Å². The molecule has 2 aliphatic rings. The van der Waals surface area contributed by atoms with Crippen LogP contribution in [0.15, 0.2) is 18.3 Å². The zero-order valence-corrected chi connectivity index (χ0v) is 16.3. The van der Waals surface area contributed by atoms with Crippen LogP contribution < -0.4 is 0 Å². The molecule has 0 spiro atoms. The van der Waals surface area contributed by atoms with Crippen LogP contribution in [0.1, 0.15) is 60.0 Å². The molecule has 8 heteroatoms. The number of hydrogen-bond acceptors (Lipinski definition) is 6. The Morgan fingerprint density at radius 3 is 2.78 bits per heavy atom. The summed E-state index contributed by atoms with van der Waals surface area (Å²) in [6, 6.07) is 4.04. The normalized spacial score (nSPS) is 23.5. The Kier molecular flexibility index (Phi) is 4.67. The summed E-state index contributed by atoms with van der Waals surface area (Å²) in [7, 11) is 4.11. The molecule has 1 atom stereocenters. The maximum atomic E-state index is 13.1. The van der Waals surface area contributed by atoms with Gasteiger partial charge in [-0.3, -0.25) is 14.7 Å². The molecule has 1 saturated carbocycles. The van der Waals surface area contributed by atoms with Crippen molar-refractivity contribution in [3.63, 3.8) is 0 Å². The molecular weight excluding hydrogens is 342 g/mol. The minimum absolute atomic E-state index is 0.0317. The molecule has 1 amide bonds. The highest BCUT2D eigenvalue weighted by molar-refractivity contribution is 5.95. The van der Waals surface area contributed by atoms with Crippen molar-refractivity contribution in [3.05, 3.63) is 35.4 Å². The fourth-order valence-corrected chi connectivity index (χ4v) is 4.49. The summed E-state index contributed by atoms with van der Waals surface area (Å²) in [6.45, 7) is 3.15. The molecule has 1 aliphatic carbocycles. The van der Waals surface area contributed by atoms with Crippen molar-refractivity contribution in [1.82, 2.24) is 35.0 Å². The number of amides is 1. The molecule has 27 heavy (non-hydrogen) atoms. The van der Waals surface area contributed by atoms with Gasteiger partial charge in [0, 0.05) is 25.0 Å². The minimum atomic E-state index is -0.363. The molecule has 4 rings (SSSR count). The average Bonchev–Trinajstić information content (AvgIpc) is 3.40. The van der Waals surface area contributed by atoms with Crippen LogP contribution in [0.2, 0.25) is 0 Å². The van der Waals surface area contributed by atoms with Crippen LogP contribution in [0.4, 0.5) is 0 Å². The molecule has 3 heterocycles. The Labute approximate surface area is 159 Å². The first kappa shape index (κ1) is 18.0. The number of carbonyl (C=O) groups is 1. The smallest absolute Gasteiger partial charge is 0.255 e. The lowest BCUT2D eigenvalue weighted by atomic mass is 9.95. The third-order valence-corrected chi connectivity index (χ3v) is 6.21. The predicted octanol–water partition coefficient (Wildman–Crippen LogP) is 1.79. The van der Waals surface area contributed by atoms with Crippen molar-refractivity contribution >= 4 is 5.91 Å². The van der Waals surface area contributed by atoms with Gasteiger partial charge in [-0.25, -0.2) is 4.68 Å². The van der Waals surface area contributed by atoms with Crippen molar-refractivity contribution in [2.24, 2.45) is 0 Å². The van der Waals surface area contributed by atoms with E-state index in [1.165, 1.54) is 12.8 Å². The van der Waals surface area contributed by atoms with Gasteiger partial charge in [0.15, 0.2) is 5.82 Å². The van der Waals surface area contributed by atoms with E-state index in [1.54, 1.807) is 6.20 Å². The first-order chi connectivity index (χ1) is 13.0. The standard InChI is InChI=1S/C19H27N7O/c1-14-16(9-6-11-20-14)17(27)25-12-10-19(13-25,24(2)3)18-21-22-23-26(18)15-7-4-5-8-15/h6,9,11,15H,4-5,7-8,10,12-13H2,1-3H3. The molecular formula is C19H27N7O. The van der Waals surface area contributed by atoms with Gasteiger partial charge in [-0.15, -0.1) is 5.10 Å². The number of nitrogens with zero attached hydrogens (tertiary/aromatic N) is 7. The number of likely N-dealkylation sites (N-methyl/N-ethyl adjacent to an activating group) is 1. The first-order valence-electron chi connectivity index (χ1n) is 9.69. The Morgan fingerprint density at radius 2 is 2.07 bits per heavy atom. The van der Waals surface area contributed by atoms with Crippen LogP contribution >= 0.6 is 0 Å². The van der Waals surface area contributed by atoms with E-state index in [-0.39, 0.29) is 11.4 Å². The van der Waals surface area contributed by atoms with Crippen molar-refractivity contribution in [3.8, 4) is 0 Å². The Hall–Kier alpha value is -2.35. The second-order valence-electron chi connectivity index (χ2n) is 7.92. The Morgan fingerprint density at radius 1 is 1.30 bits per heavy atom. The number of carbonyl (C=O) groups excluding carboxylic acids is 1. The van der Waals surface area contributed by atoms with Crippen molar-refractivity contribution < 1.29 is 4.79 Å². The Balaban J connectivity index is 1.64. The van der Waals surface area contributed by atoms with Crippen LogP contribution in [-0.4, -0.2) is 68.1 Å². The molecule has 1 saturated heterocycles. The molecule has 1 aliphatic heterocycles. The fraction of sp³-hybridized carbons (Fsp3) is 0.632. The second kappa shape index (κ2) is 6.99. The molecule has 2 aromatic rings. The third kappa shape index (κ3) is 3.01. The lowest BCUT2D eigenvalue weighted by molar-refractivity contribution is 0.0736. The zero-order chi connectivity index (χ0) is 19.0. The number of pyridine rings is 1. The molecule has 0 N–H and O–H groups in total. The van der Waals surface area contributed by atoms with Crippen LogP contribution in [0.25, 0.3) is 0 Å². The summed E-state index contributed by atoms with van der Waals surface area (Å²) >= 11 is 0. The molecule has 8 nitrogen and oxygen atoms in total. The SMILES string of the molecule is Cc1ncccc1C(=O)N1CCC(c2nnnn2C2CCCC2)(N(C)C)C1. The average molecular weight is 369 g/mol. The highest BCUT2D eigenvalue weighted by atomic mass is 16.2. The highest BCUT2D eigenvalue weighted by Gasteiger charge is 2.48. The van der Waals surface area contributed by atoms with Gasteiger partial charge in [0.1, 0.15) is 5.54 Å². The van der Waals surface area contributed by atoms with E-state index in [0.717, 1.165) is 30.8 Å². The van der Waals surface area contributed by atoms with Gasteiger partial charge in [0.2, 0.25) is 0 Å². The van der Waals surface area contributed by atoms with Gasteiger partial charge in [-0.05, 0) is 62.8 Å². The van der Waals surface area contributed by atoms with Crippen molar-refractivity contribution in [2.75, 3.05) is 27.2 Å². The number of rotatable bonds is 4. The lowest BCUT2D eigenvalue weighted by Crippen LogP contribution is -2.47. The molecule has 0 bridgehead atoms. The monoisotopic (exact) mass is 369 g/mol. The largest absolute Gasteiger partial charge is 0.336 e. The maximum absolute atomic E-state index is 13.1. The van der Waals surface area contributed by atoms with Crippen molar-refractivity contribution in [2.45, 2.75) is 50.6 Å². The molecule has 0 radical (unpaired) electrons. The van der Waals surface area contributed by atoms with Gasteiger partial charge in [0.05, 0.1) is 11.6 Å². The van der Waals surface area contributed by atoms with Gasteiger partial charge in [-0.1, -0.05) is 12.8 Å². The summed E-state index contributed by atoms with van der Waals surface area (Å²) in [5, 5.41) is 12.8. The van der Waals surface area contributed by atoms with Gasteiger partial charge >= 0.3 is 0 Å². The molecule has 1 unspecified atom stereocenters. The minimum Gasteiger partial charge on any atom is -0.336 e. The van der Waals surface area contributed by atoms with Gasteiger partial charge < -0.3 is 4.90 Å². The predicted molar refractivity (Wildman–Crippen MR) is 100 cm³/mol. The summed E-state index contributed by atoms with van der Waals surface area (Å²) in [6.07, 6.45) is 7.24. The van der Waals surface area contributed by atoms with E-state index >= 15 is 0 Å². The topological polar surface area (TPSA) is 80.0 Å². The van der Waals surface area contributed by atoms with Crippen LogP contribution in [-0.2, 0) is 5.54 Å². The molecule has 144 valence electrons. The number of aromatic nitrogens is 5.